The van der Waals surface area contributed by atoms with E-state index >= 15 is 0 Å². The summed E-state index contributed by atoms with van der Waals surface area (Å²) < 4.78 is 12.0. The number of carbonyl (C=O) groups is 1. The minimum absolute atomic E-state index is 0.134. The average Bonchev–Trinajstić information content (AvgIpc) is 2.75. The molecule has 1 aromatic heterocycles. The van der Waals surface area contributed by atoms with Gasteiger partial charge in [-0.25, -0.2) is 0 Å². The molecule has 106 valence electrons. The number of nitrogens with one attached hydrogen (secondary N) is 1. The second kappa shape index (κ2) is 6.78. The highest BCUT2D eigenvalue weighted by Crippen LogP contribution is 2.14. The largest absolute Gasteiger partial charge is 0.492 e. The van der Waals surface area contributed by atoms with Gasteiger partial charge in [-0.3, -0.25) is 4.79 Å². The Bertz CT molecular complexity index is 590. The third kappa shape index (κ3) is 4.00. The lowest BCUT2D eigenvalue weighted by Crippen LogP contribution is -2.28. The second-order valence-electron chi connectivity index (χ2n) is 4.39. The topological polar surface area (TPSA) is 51.5 Å². The van der Waals surface area contributed by atoms with Crippen molar-refractivity contribution in [3.05, 3.63) is 51.0 Å². The lowest BCUT2D eigenvalue weighted by atomic mass is 10.2. The lowest BCUT2D eigenvalue weighted by molar-refractivity contribution is 0.0945. The van der Waals surface area contributed by atoms with Crippen molar-refractivity contribution in [2.45, 2.75) is 13.8 Å². The highest BCUT2D eigenvalue weighted by Gasteiger charge is 2.12. The van der Waals surface area contributed by atoms with Gasteiger partial charge in [0.25, 0.3) is 5.91 Å². The number of halogens is 1. The van der Waals surface area contributed by atoms with Crippen LogP contribution in [0, 0.1) is 17.4 Å². The third-order valence-corrected chi connectivity index (χ3v) is 3.47. The number of ether oxygens (including phenoxy) is 1. The first-order chi connectivity index (χ1) is 9.56. The summed E-state index contributed by atoms with van der Waals surface area (Å²) in [4.78, 5) is 11.9. The summed E-state index contributed by atoms with van der Waals surface area (Å²) in [6.07, 6.45) is 0. The van der Waals surface area contributed by atoms with Crippen LogP contribution >= 0.6 is 22.6 Å². The highest BCUT2D eigenvalue weighted by atomic mass is 127. The van der Waals surface area contributed by atoms with E-state index < -0.39 is 0 Å². The average molecular weight is 385 g/mol. The van der Waals surface area contributed by atoms with Crippen LogP contribution in [0.1, 0.15) is 21.9 Å². The molecule has 1 heterocycles. The summed E-state index contributed by atoms with van der Waals surface area (Å²) in [5.41, 5.74) is 0.580. The molecule has 0 saturated heterocycles. The second-order valence-corrected chi connectivity index (χ2v) is 5.63. The summed E-state index contributed by atoms with van der Waals surface area (Å²) in [6.45, 7) is 4.49. The first-order valence-electron chi connectivity index (χ1n) is 6.30. The molecule has 0 aliphatic rings. The van der Waals surface area contributed by atoms with Gasteiger partial charge in [-0.1, -0.05) is 0 Å². The van der Waals surface area contributed by atoms with Crippen LogP contribution in [0.25, 0.3) is 0 Å². The van der Waals surface area contributed by atoms with Crippen LogP contribution in [0.5, 0.6) is 5.75 Å². The van der Waals surface area contributed by atoms with E-state index in [4.69, 9.17) is 9.15 Å². The van der Waals surface area contributed by atoms with Crippen molar-refractivity contribution >= 4 is 28.5 Å². The minimum Gasteiger partial charge on any atom is -0.492 e. The van der Waals surface area contributed by atoms with Gasteiger partial charge in [-0.2, -0.15) is 0 Å². The Labute approximate surface area is 131 Å². The quantitative estimate of drug-likeness (QED) is 0.635. The molecule has 0 aliphatic heterocycles. The summed E-state index contributed by atoms with van der Waals surface area (Å²) in [5.74, 6) is 2.04. The van der Waals surface area contributed by atoms with Crippen LogP contribution < -0.4 is 10.1 Å². The fourth-order valence-electron chi connectivity index (χ4n) is 1.82. The number of benzene rings is 1. The first-order valence-corrected chi connectivity index (χ1v) is 7.38. The SMILES string of the molecule is Cc1cc(C(=O)NCCOc2ccc(I)cc2)c(C)o1. The minimum atomic E-state index is -0.134. The van der Waals surface area contributed by atoms with Gasteiger partial charge < -0.3 is 14.5 Å². The summed E-state index contributed by atoms with van der Waals surface area (Å²) in [7, 11) is 0. The third-order valence-electron chi connectivity index (χ3n) is 2.76. The summed E-state index contributed by atoms with van der Waals surface area (Å²) >= 11 is 2.24. The molecule has 0 bridgehead atoms. The number of hydrogen-bond acceptors (Lipinski definition) is 3. The Morgan fingerprint density at radius 3 is 2.60 bits per heavy atom. The number of hydrogen-bond donors (Lipinski definition) is 1. The van der Waals surface area contributed by atoms with Gasteiger partial charge in [0.1, 0.15) is 23.9 Å². The van der Waals surface area contributed by atoms with E-state index in [1.807, 2.05) is 31.2 Å². The monoisotopic (exact) mass is 385 g/mol. The highest BCUT2D eigenvalue weighted by molar-refractivity contribution is 14.1. The van der Waals surface area contributed by atoms with Crippen LogP contribution in [0.4, 0.5) is 0 Å². The Hall–Kier alpha value is -1.50. The van der Waals surface area contributed by atoms with Gasteiger partial charge >= 0.3 is 0 Å². The van der Waals surface area contributed by atoms with Crippen molar-refractivity contribution in [1.29, 1.82) is 0 Å². The molecule has 5 heteroatoms. The van der Waals surface area contributed by atoms with Crippen molar-refractivity contribution in [1.82, 2.24) is 5.32 Å². The molecule has 0 spiro atoms. The summed E-state index contributed by atoms with van der Waals surface area (Å²) in [5, 5.41) is 2.81. The lowest BCUT2D eigenvalue weighted by Gasteiger charge is -2.07. The van der Waals surface area contributed by atoms with Crippen LogP contribution in [0.2, 0.25) is 0 Å². The number of rotatable bonds is 5. The molecule has 0 unspecified atom stereocenters. The van der Waals surface area contributed by atoms with Crippen LogP contribution in [0.3, 0.4) is 0 Å². The fourth-order valence-corrected chi connectivity index (χ4v) is 2.18. The Morgan fingerprint density at radius 1 is 1.30 bits per heavy atom. The molecular formula is C15H16INO3. The number of aryl methyl sites for hydroxylation is 2. The molecule has 0 aliphatic carbocycles. The molecule has 2 aromatic rings. The zero-order chi connectivity index (χ0) is 14.5. The van der Waals surface area contributed by atoms with E-state index in [1.54, 1.807) is 13.0 Å². The van der Waals surface area contributed by atoms with Crippen molar-refractivity contribution in [2.75, 3.05) is 13.2 Å². The number of furan rings is 1. The molecule has 1 amide bonds. The molecule has 0 saturated carbocycles. The van der Waals surface area contributed by atoms with E-state index in [-0.39, 0.29) is 5.91 Å². The van der Waals surface area contributed by atoms with Crippen LogP contribution in [-0.4, -0.2) is 19.1 Å². The molecule has 0 atom stereocenters. The Kier molecular flexibility index (Phi) is 5.05. The van der Waals surface area contributed by atoms with Crippen molar-refractivity contribution in [2.24, 2.45) is 0 Å². The molecule has 0 radical (unpaired) electrons. The maximum absolute atomic E-state index is 11.9. The van der Waals surface area contributed by atoms with Crippen molar-refractivity contribution in [3.8, 4) is 5.75 Å². The fraction of sp³-hybridized carbons (Fsp3) is 0.267. The maximum atomic E-state index is 11.9. The zero-order valence-corrected chi connectivity index (χ0v) is 13.6. The normalized spacial score (nSPS) is 10.3. The predicted molar refractivity (Wildman–Crippen MR) is 85.2 cm³/mol. The Balaban J connectivity index is 1.77. The van der Waals surface area contributed by atoms with Crippen molar-refractivity contribution < 1.29 is 13.9 Å². The smallest absolute Gasteiger partial charge is 0.254 e. The molecule has 20 heavy (non-hydrogen) atoms. The molecule has 1 aromatic carbocycles. The van der Waals surface area contributed by atoms with Gasteiger partial charge in [-0.15, -0.1) is 0 Å². The molecule has 2 rings (SSSR count). The molecule has 1 N–H and O–H groups in total. The number of amides is 1. The summed E-state index contributed by atoms with van der Waals surface area (Å²) in [6, 6.07) is 9.52. The number of carbonyl (C=O) groups excluding carboxylic acids is 1. The van der Waals surface area contributed by atoms with Crippen LogP contribution in [-0.2, 0) is 0 Å². The molecule has 4 nitrogen and oxygen atoms in total. The van der Waals surface area contributed by atoms with Gasteiger partial charge in [0.05, 0.1) is 12.1 Å². The van der Waals surface area contributed by atoms with Gasteiger partial charge in [-0.05, 0) is 66.8 Å². The van der Waals surface area contributed by atoms with E-state index in [1.165, 1.54) is 0 Å². The van der Waals surface area contributed by atoms with Gasteiger partial charge in [0.15, 0.2) is 0 Å². The van der Waals surface area contributed by atoms with Gasteiger partial charge in [0, 0.05) is 3.57 Å². The van der Waals surface area contributed by atoms with Crippen molar-refractivity contribution in [3.63, 3.8) is 0 Å². The van der Waals surface area contributed by atoms with E-state index in [2.05, 4.69) is 27.9 Å². The standard InChI is InChI=1S/C15H16INO3/c1-10-9-14(11(2)20-10)15(18)17-7-8-19-13-5-3-12(16)4-6-13/h3-6,9H,7-8H2,1-2H3,(H,17,18). The van der Waals surface area contributed by atoms with E-state index in [0.29, 0.717) is 24.5 Å². The zero-order valence-electron chi connectivity index (χ0n) is 11.4. The van der Waals surface area contributed by atoms with E-state index in [0.717, 1.165) is 15.1 Å². The first kappa shape index (κ1) is 14.9. The Morgan fingerprint density at radius 2 is 2.00 bits per heavy atom. The maximum Gasteiger partial charge on any atom is 0.254 e. The van der Waals surface area contributed by atoms with Crippen LogP contribution in [0.15, 0.2) is 34.7 Å². The molecule has 0 fully saturated rings. The predicted octanol–water partition coefficient (Wildman–Crippen LogP) is 3.31. The molecular weight excluding hydrogens is 369 g/mol. The van der Waals surface area contributed by atoms with Gasteiger partial charge in [0.2, 0.25) is 0 Å². The van der Waals surface area contributed by atoms with E-state index in [9.17, 15) is 4.79 Å².